The highest BCUT2D eigenvalue weighted by atomic mass is 32.1. The minimum Gasteiger partial charge on any atom is -0.481 e. The third-order valence-electron chi connectivity index (χ3n) is 2.36. The molecule has 1 heterocycles. The highest BCUT2D eigenvalue weighted by molar-refractivity contribution is 7.13. The van der Waals surface area contributed by atoms with Crippen molar-refractivity contribution in [2.75, 3.05) is 6.54 Å². The van der Waals surface area contributed by atoms with E-state index in [1.807, 2.05) is 20.8 Å². The molecule has 0 saturated heterocycles. The van der Waals surface area contributed by atoms with Crippen molar-refractivity contribution in [1.29, 1.82) is 0 Å². The molecule has 0 unspecified atom stereocenters. The number of hydrogen-bond donors (Lipinski definition) is 2. The molecule has 6 heteroatoms. The van der Waals surface area contributed by atoms with E-state index in [0.29, 0.717) is 4.88 Å². The summed E-state index contributed by atoms with van der Waals surface area (Å²) in [6, 6.07) is 0. The maximum atomic E-state index is 11.8. The summed E-state index contributed by atoms with van der Waals surface area (Å²) in [6.45, 7) is 7.76. The second kappa shape index (κ2) is 5.48. The van der Waals surface area contributed by atoms with Crippen LogP contribution in [0.4, 0.5) is 0 Å². The third-order valence-corrected chi connectivity index (χ3v) is 3.78. The maximum Gasteiger partial charge on any atom is 0.308 e. The molecule has 1 amide bonds. The first-order chi connectivity index (χ1) is 8.21. The van der Waals surface area contributed by atoms with Gasteiger partial charge in [-0.2, -0.15) is 0 Å². The van der Waals surface area contributed by atoms with Gasteiger partial charge < -0.3 is 10.4 Å². The molecular weight excluding hydrogens is 252 g/mol. The fourth-order valence-electron chi connectivity index (χ4n) is 1.15. The van der Waals surface area contributed by atoms with Gasteiger partial charge in [-0.15, -0.1) is 11.3 Å². The highest BCUT2D eigenvalue weighted by Gasteiger charge is 2.21. The lowest BCUT2D eigenvalue weighted by molar-refractivity contribution is -0.140. The number of carbonyl (C=O) groups excluding carboxylic acids is 1. The summed E-state index contributed by atoms with van der Waals surface area (Å²) < 4.78 is 0. The van der Waals surface area contributed by atoms with Crippen LogP contribution in [0.5, 0.6) is 0 Å². The smallest absolute Gasteiger partial charge is 0.308 e. The number of hydrogen-bond acceptors (Lipinski definition) is 4. The van der Waals surface area contributed by atoms with E-state index in [9.17, 15) is 9.59 Å². The number of amides is 1. The van der Waals surface area contributed by atoms with Crippen LogP contribution in [0.15, 0.2) is 6.20 Å². The van der Waals surface area contributed by atoms with E-state index in [1.54, 1.807) is 6.92 Å². The van der Waals surface area contributed by atoms with Crippen molar-refractivity contribution in [1.82, 2.24) is 10.3 Å². The predicted octanol–water partition coefficient (Wildman–Crippen LogP) is 1.89. The quantitative estimate of drug-likeness (QED) is 0.875. The largest absolute Gasteiger partial charge is 0.481 e. The first kappa shape index (κ1) is 14.6. The first-order valence-corrected chi connectivity index (χ1v) is 6.50. The molecule has 0 fully saturated rings. The van der Waals surface area contributed by atoms with Gasteiger partial charge in [0.2, 0.25) is 0 Å². The van der Waals surface area contributed by atoms with Crippen molar-refractivity contribution in [3.05, 3.63) is 16.1 Å². The molecule has 0 bridgehead atoms. The van der Waals surface area contributed by atoms with Gasteiger partial charge in [-0.3, -0.25) is 9.59 Å². The Morgan fingerprint density at radius 3 is 2.56 bits per heavy atom. The van der Waals surface area contributed by atoms with Gasteiger partial charge in [0.15, 0.2) is 0 Å². The zero-order chi connectivity index (χ0) is 13.9. The Kier molecular flexibility index (Phi) is 4.45. The minimum atomic E-state index is -0.921. The lowest BCUT2D eigenvalue weighted by Crippen LogP contribution is -2.30. The molecule has 0 spiro atoms. The van der Waals surface area contributed by atoms with Crippen LogP contribution in [-0.2, 0) is 10.2 Å². The zero-order valence-corrected chi connectivity index (χ0v) is 11.8. The second-order valence-corrected chi connectivity index (χ2v) is 6.26. The number of nitrogens with zero attached hydrogens (tertiary/aromatic N) is 1. The molecule has 0 aliphatic heterocycles. The van der Waals surface area contributed by atoms with Crippen molar-refractivity contribution in [3.8, 4) is 0 Å². The third kappa shape index (κ3) is 3.80. The lowest BCUT2D eigenvalue weighted by atomic mass is 9.98. The molecule has 2 N–H and O–H groups in total. The van der Waals surface area contributed by atoms with E-state index >= 15 is 0 Å². The molecule has 0 saturated carbocycles. The summed E-state index contributed by atoms with van der Waals surface area (Å²) in [5.74, 6) is -1.78. The van der Waals surface area contributed by atoms with Crippen LogP contribution in [0.3, 0.4) is 0 Å². The summed E-state index contributed by atoms with van der Waals surface area (Å²) in [5, 5.41) is 12.2. The Balaban J connectivity index is 2.63. The number of rotatable bonds is 4. The number of thiazole rings is 1. The molecule has 1 aromatic rings. The number of carboxylic acid groups (broad SMARTS) is 1. The molecule has 0 radical (unpaired) electrons. The summed E-state index contributed by atoms with van der Waals surface area (Å²) >= 11 is 1.34. The van der Waals surface area contributed by atoms with E-state index in [0.717, 1.165) is 5.01 Å². The van der Waals surface area contributed by atoms with Crippen molar-refractivity contribution in [2.24, 2.45) is 5.92 Å². The number of carboxylic acids is 1. The number of aromatic nitrogens is 1. The molecule has 5 nitrogen and oxygen atoms in total. The molecule has 1 aromatic heterocycles. The molecule has 0 aliphatic rings. The zero-order valence-electron chi connectivity index (χ0n) is 11.0. The van der Waals surface area contributed by atoms with Gasteiger partial charge in [-0.05, 0) is 0 Å². The van der Waals surface area contributed by atoms with Crippen LogP contribution in [0.25, 0.3) is 0 Å². The summed E-state index contributed by atoms with van der Waals surface area (Å²) in [6.07, 6.45) is 1.53. The van der Waals surface area contributed by atoms with Crippen LogP contribution in [0.1, 0.15) is 42.4 Å². The topological polar surface area (TPSA) is 79.3 Å². The molecular formula is C12H18N2O3S. The van der Waals surface area contributed by atoms with Gasteiger partial charge in [0.05, 0.1) is 17.1 Å². The standard InChI is InChI=1S/C12H18N2O3S/c1-7(10(16)17)5-13-9(15)8-6-14-11(18-8)12(2,3)4/h6-7H,5H2,1-4H3,(H,13,15)(H,16,17)/t7-/m0/s1. The van der Waals surface area contributed by atoms with Gasteiger partial charge >= 0.3 is 5.97 Å². The van der Waals surface area contributed by atoms with E-state index in [1.165, 1.54) is 17.5 Å². The Morgan fingerprint density at radius 2 is 2.11 bits per heavy atom. The summed E-state index contributed by atoms with van der Waals surface area (Å²) in [5.41, 5.74) is -0.0858. The molecule has 18 heavy (non-hydrogen) atoms. The van der Waals surface area contributed by atoms with E-state index < -0.39 is 11.9 Å². The van der Waals surface area contributed by atoms with Crippen LogP contribution in [0.2, 0.25) is 0 Å². The molecule has 100 valence electrons. The van der Waals surface area contributed by atoms with E-state index in [-0.39, 0.29) is 17.9 Å². The van der Waals surface area contributed by atoms with E-state index in [4.69, 9.17) is 5.11 Å². The van der Waals surface area contributed by atoms with Crippen LogP contribution >= 0.6 is 11.3 Å². The SMILES string of the molecule is C[C@@H](CNC(=O)c1cnc(C(C)(C)C)s1)C(=O)O. The Morgan fingerprint density at radius 1 is 1.50 bits per heavy atom. The van der Waals surface area contributed by atoms with Crippen molar-refractivity contribution >= 4 is 23.2 Å². The van der Waals surface area contributed by atoms with Crippen molar-refractivity contribution in [3.63, 3.8) is 0 Å². The predicted molar refractivity (Wildman–Crippen MR) is 69.9 cm³/mol. The maximum absolute atomic E-state index is 11.8. The van der Waals surface area contributed by atoms with Crippen molar-refractivity contribution in [2.45, 2.75) is 33.1 Å². The average molecular weight is 270 g/mol. The molecule has 1 atom stereocenters. The monoisotopic (exact) mass is 270 g/mol. The van der Waals surface area contributed by atoms with Crippen LogP contribution < -0.4 is 5.32 Å². The molecule has 0 aromatic carbocycles. The van der Waals surface area contributed by atoms with Crippen LogP contribution in [0, 0.1) is 5.92 Å². The number of aliphatic carboxylic acids is 1. The number of nitrogens with one attached hydrogen (secondary N) is 1. The van der Waals surface area contributed by atoms with Crippen molar-refractivity contribution < 1.29 is 14.7 Å². The van der Waals surface area contributed by atoms with E-state index in [2.05, 4.69) is 10.3 Å². The van der Waals surface area contributed by atoms with Gasteiger partial charge in [0.1, 0.15) is 4.88 Å². The van der Waals surface area contributed by atoms with Gasteiger partial charge in [-0.1, -0.05) is 27.7 Å². The summed E-state index contributed by atoms with van der Waals surface area (Å²) in [4.78, 5) is 27.1. The van der Waals surface area contributed by atoms with Gasteiger partial charge in [-0.25, -0.2) is 4.98 Å². The number of carbonyl (C=O) groups is 2. The van der Waals surface area contributed by atoms with Gasteiger partial charge in [0, 0.05) is 12.0 Å². The minimum absolute atomic E-state index is 0.0858. The summed E-state index contributed by atoms with van der Waals surface area (Å²) in [7, 11) is 0. The Bertz CT molecular complexity index is 448. The Labute approximate surface area is 110 Å². The highest BCUT2D eigenvalue weighted by Crippen LogP contribution is 2.26. The molecule has 0 aliphatic carbocycles. The second-order valence-electron chi connectivity index (χ2n) is 5.23. The van der Waals surface area contributed by atoms with Gasteiger partial charge in [0.25, 0.3) is 5.91 Å². The average Bonchev–Trinajstić information content (AvgIpc) is 2.73. The van der Waals surface area contributed by atoms with Crippen LogP contribution in [-0.4, -0.2) is 28.5 Å². The lowest BCUT2D eigenvalue weighted by Gasteiger charge is -2.13. The Hall–Kier alpha value is -1.43. The first-order valence-electron chi connectivity index (χ1n) is 5.69. The fourth-order valence-corrected chi connectivity index (χ4v) is 2.04. The normalized spacial score (nSPS) is 13.1. The molecule has 1 rings (SSSR count). The fraction of sp³-hybridized carbons (Fsp3) is 0.583.